The molecule has 0 saturated carbocycles. The first-order chi connectivity index (χ1) is 14.4. The predicted molar refractivity (Wildman–Crippen MR) is 123 cm³/mol. The van der Waals surface area contributed by atoms with E-state index in [1.807, 2.05) is 47.5 Å². The van der Waals surface area contributed by atoms with Crippen molar-refractivity contribution in [3.8, 4) is 22.4 Å². The number of nitrogens with zero attached hydrogens (tertiary/aromatic N) is 5. The SMILES string of the molecule is C[Si](C)(C)CCOCn1cc(-c2cnc3ccc(Cl)nc3c2)c(-c2cccnc2)n1. The minimum Gasteiger partial charge on any atom is -0.360 e. The smallest absolute Gasteiger partial charge is 0.139 e. The van der Waals surface area contributed by atoms with Crippen LogP contribution in [0.4, 0.5) is 0 Å². The van der Waals surface area contributed by atoms with Crippen molar-refractivity contribution in [1.82, 2.24) is 24.7 Å². The summed E-state index contributed by atoms with van der Waals surface area (Å²) in [7, 11) is -1.13. The molecule has 0 atom stereocenters. The molecular formula is C22H24ClN5OSi. The van der Waals surface area contributed by atoms with E-state index in [2.05, 4.69) is 34.6 Å². The molecule has 0 aliphatic rings. The summed E-state index contributed by atoms with van der Waals surface area (Å²) < 4.78 is 7.73. The first-order valence-corrected chi connectivity index (χ1v) is 14.0. The number of rotatable bonds is 7. The highest BCUT2D eigenvalue weighted by atomic mass is 35.5. The molecule has 0 fully saturated rings. The molecule has 0 radical (unpaired) electrons. The van der Waals surface area contributed by atoms with Gasteiger partial charge in [-0.15, -0.1) is 0 Å². The molecule has 4 aromatic heterocycles. The van der Waals surface area contributed by atoms with E-state index in [0.29, 0.717) is 11.9 Å². The third kappa shape index (κ3) is 4.92. The van der Waals surface area contributed by atoms with Crippen LogP contribution in [-0.4, -0.2) is 39.4 Å². The Labute approximate surface area is 181 Å². The van der Waals surface area contributed by atoms with Crippen molar-refractivity contribution in [3.63, 3.8) is 0 Å². The molecule has 0 bridgehead atoms. The van der Waals surface area contributed by atoms with Crippen molar-refractivity contribution >= 4 is 30.7 Å². The van der Waals surface area contributed by atoms with Crippen molar-refractivity contribution in [2.75, 3.05) is 6.61 Å². The van der Waals surface area contributed by atoms with Gasteiger partial charge >= 0.3 is 0 Å². The summed E-state index contributed by atoms with van der Waals surface area (Å²) in [5, 5.41) is 5.22. The first kappa shape index (κ1) is 20.7. The van der Waals surface area contributed by atoms with Crippen LogP contribution in [0.3, 0.4) is 0 Å². The van der Waals surface area contributed by atoms with Crippen LogP contribution in [0.1, 0.15) is 0 Å². The Balaban J connectivity index is 1.68. The lowest BCUT2D eigenvalue weighted by atomic mass is 10.0. The second-order valence-corrected chi connectivity index (χ2v) is 14.4. The topological polar surface area (TPSA) is 65.7 Å². The Morgan fingerprint density at radius 3 is 2.70 bits per heavy atom. The molecule has 0 aliphatic heterocycles. The summed E-state index contributed by atoms with van der Waals surface area (Å²) in [5.74, 6) is 0. The Morgan fingerprint density at radius 2 is 1.93 bits per heavy atom. The second-order valence-electron chi connectivity index (χ2n) is 8.42. The monoisotopic (exact) mass is 437 g/mol. The van der Waals surface area contributed by atoms with Gasteiger partial charge < -0.3 is 4.74 Å². The molecule has 0 aliphatic carbocycles. The fourth-order valence-electron chi connectivity index (χ4n) is 3.08. The number of pyridine rings is 3. The quantitative estimate of drug-likeness (QED) is 0.216. The lowest BCUT2D eigenvalue weighted by molar-refractivity contribution is 0.0788. The Morgan fingerprint density at radius 1 is 1.07 bits per heavy atom. The zero-order valence-corrected chi connectivity index (χ0v) is 19.1. The highest BCUT2D eigenvalue weighted by Gasteiger charge is 2.16. The molecule has 4 rings (SSSR count). The van der Waals surface area contributed by atoms with Gasteiger partial charge in [0.25, 0.3) is 0 Å². The third-order valence-corrected chi connectivity index (χ3v) is 6.65. The molecule has 30 heavy (non-hydrogen) atoms. The minimum atomic E-state index is -1.13. The van der Waals surface area contributed by atoms with E-state index in [0.717, 1.165) is 46.1 Å². The van der Waals surface area contributed by atoms with E-state index in [-0.39, 0.29) is 0 Å². The highest BCUT2D eigenvalue weighted by Crippen LogP contribution is 2.31. The summed E-state index contributed by atoms with van der Waals surface area (Å²) in [5.41, 5.74) is 5.19. The van der Waals surface area contributed by atoms with Gasteiger partial charge in [0.1, 0.15) is 17.6 Å². The van der Waals surface area contributed by atoms with Crippen molar-refractivity contribution in [1.29, 1.82) is 0 Å². The van der Waals surface area contributed by atoms with E-state index in [1.165, 1.54) is 0 Å². The van der Waals surface area contributed by atoms with Crippen LogP contribution in [0.25, 0.3) is 33.4 Å². The molecule has 0 aromatic carbocycles. The third-order valence-electron chi connectivity index (χ3n) is 4.73. The molecule has 6 nitrogen and oxygen atoms in total. The number of hydrogen-bond donors (Lipinski definition) is 0. The van der Waals surface area contributed by atoms with Gasteiger partial charge in [0.05, 0.1) is 11.0 Å². The molecule has 0 saturated heterocycles. The maximum atomic E-state index is 6.07. The largest absolute Gasteiger partial charge is 0.360 e. The van der Waals surface area contributed by atoms with Crippen molar-refractivity contribution in [3.05, 3.63) is 60.3 Å². The van der Waals surface area contributed by atoms with Crippen molar-refractivity contribution < 1.29 is 4.74 Å². The summed E-state index contributed by atoms with van der Waals surface area (Å²) in [4.78, 5) is 13.2. The van der Waals surface area contributed by atoms with Gasteiger partial charge in [0.15, 0.2) is 0 Å². The molecule has 0 N–H and O–H groups in total. The van der Waals surface area contributed by atoms with Gasteiger partial charge in [-0.05, 0) is 36.4 Å². The first-order valence-electron chi connectivity index (χ1n) is 9.87. The standard InChI is InChI=1S/C22H24ClN5OSi/c1-30(2,3)10-9-29-15-28-14-18(22(27-28)16-5-4-8-24-12-16)17-11-20-19(25-13-17)6-7-21(23)26-20/h4-8,11-14H,9-10,15H2,1-3H3. The average Bonchev–Trinajstić information content (AvgIpc) is 3.15. The summed E-state index contributed by atoms with van der Waals surface area (Å²) in [6.07, 6.45) is 7.39. The number of aromatic nitrogens is 5. The van der Waals surface area contributed by atoms with Crippen LogP contribution in [0.5, 0.6) is 0 Å². The van der Waals surface area contributed by atoms with Crippen LogP contribution < -0.4 is 0 Å². The normalized spacial score (nSPS) is 11.9. The second kappa shape index (κ2) is 8.63. The number of hydrogen-bond acceptors (Lipinski definition) is 5. The van der Waals surface area contributed by atoms with Gasteiger partial charge in [0, 0.05) is 56.2 Å². The number of halogens is 1. The molecule has 0 unspecified atom stereocenters. The fourth-order valence-corrected chi connectivity index (χ4v) is 3.99. The van der Waals surface area contributed by atoms with E-state index in [4.69, 9.17) is 21.4 Å². The molecule has 154 valence electrons. The summed E-state index contributed by atoms with van der Waals surface area (Å²) in [6, 6.07) is 10.6. The summed E-state index contributed by atoms with van der Waals surface area (Å²) >= 11 is 6.07. The van der Waals surface area contributed by atoms with E-state index in [1.54, 1.807) is 12.3 Å². The van der Waals surface area contributed by atoms with Gasteiger partial charge in [-0.25, -0.2) is 9.67 Å². The van der Waals surface area contributed by atoms with Crippen LogP contribution in [0.2, 0.25) is 30.8 Å². The van der Waals surface area contributed by atoms with Gasteiger partial charge in [-0.3, -0.25) is 9.97 Å². The van der Waals surface area contributed by atoms with Gasteiger partial charge in [-0.2, -0.15) is 5.10 Å². The molecule has 0 spiro atoms. The number of fused-ring (bicyclic) bond motifs is 1. The Kier molecular flexibility index (Phi) is 5.94. The van der Waals surface area contributed by atoms with E-state index >= 15 is 0 Å². The zero-order chi connectivity index (χ0) is 21.1. The minimum absolute atomic E-state index is 0.406. The molecule has 4 aromatic rings. The maximum Gasteiger partial charge on any atom is 0.139 e. The fraction of sp³-hybridized carbons (Fsp3) is 0.273. The van der Waals surface area contributed by atoms with E-state index in [9.17, 15) is 0 Å². The average molecular weight is 438 g/mol. The van der Waals surface area contributed by atoms with Gasteiger partial charge in [-0.1, -0.05) is 31.2 Å². The Bertz CT molecular complexity index is 1160. The van der Waals surface area contributed by atoms with Crippen LogP contribution in [0, 0.1) is 0 Å². The lowest BCUT2D eigenvalue weighted by Crippen LogP contribution is -2.22. The highest BCUT2D eigenvalue weighted by molar-refractivity contribution is 6.76. The van der Waals surface area contributed by atoms with E-state index < -0.39 is 8.07 Å². The molecule has 0 amide bonds. The molecule has 4 heterocycles. The van der Waals surface area contributed by atoms with Crippen LogP contribution in [-0.2, 0) is 11.5 Å². The summed E-state index contributed by atoms with van der Waals surface area (Å²) in [6.45, 7) is 8.18. The molecule has 8 heteroatoms. The van der Waals surface area contributed by atoms with Crippen molar-refractivity contribution in [2.24, 2.45) is 0 Å². The predicted octanol–water partition coefficient (Wildman–Crippen LogP) is 5.52. The van der Waals surface area contributed by atoms with Crippen LogP contribution in [0.15, 0.2) is 55.1 Å². The molecular weight excluding hydrogens is 414 g/mol. The maximum absolute atomic E-state index is 6.07. The zero-order valence-electron chi connectivity index (χ0n) is 17.3. The van der Waals surface area contributed by atoms with Crippen molar-refractivity contribution in [2.45, 2.75) is 32.4 Å². The lowest BCUT2D eigenvalue weighted by Gasteiger charge is -2.15. The van der Waals surface area contributed by atoms with Gasteiger partial charge in [0.2, 0.25) is 0 Å². The van der Waals surface area contributed by atoms with Crippen LogP contribution >= 0.6 is 11.6 Å². The Hall–Kier alpha value is -2.61. The number of ether oxygens (including phenoxy) is 1.